The minimum absolute atomic E-state index is 0.119. The minimum Gasteiger partial charge on any atom is -0.326 e. The van der Waals surface area contributed by atoms with Gasteiger partial charge in [-0.1, -0.05) is 41.9 Å². The first kappa shape index (κ1) is 14.7. The largest absolute Gasteiger partial charge is 0.326 e. The minimum atomic E-state index is 0.119. The molecule has 0 aliphatic heterocycles. The van der Waals surface area contributed by atoms with Crippen molar-refractivity contribution in [2.75, 3.05) is 13.6 Å². The van der Waals surface area contributed by atoms with Crippen LogP contribution >= 0.6 is 15.9 Å². The van der Waals surface area contributed by atoms with Gasteiger partial charge in [0.2, 0.25) is 0 Å². The Hall–Kier alpha value is -0.380. The molecular weight excluding hydrogens is 276 g/mol. The third-order valence-corrected chi connectivity index (χ3v) is 3.31. The fourth-order valence-electron chi connectivity index (χ4n) is 2.34. The second-order valence-electron chi connectivity index (χ2n) is 5.19. The average molecular weight is 299 g/mol. The second kappa shape index (κ2) is 6.53. The Morgan fingerprint density at radius 3 is 2.41 bits per heavy atom. The summed E-state index contributed by atoms with van der Waals surface area (Å²) in [6.07, 6.45) is 0. The van der Waals surface area contributed by atoms with Crippen molar-refractivity contribution in [2.45, 2.75) is 32.9 Å². The normalized spacial score (nSPS) is 15.3. The van der Waals surface area contributed by atoms with Crippen LogP contribution in [0.4, 0.5) is 0 Å². The lowest BCUT2D eigenvalue weighted by molar-refractivity contribution is 0.197. The van der Waals surface area contributed by atoms with Gasteiger partial charge in [0.15, 0.2) is 0 Å². The van der Waals surface area contributed by atoms with E-state index in [-0.39, 0.29) is 12.1 Å². The molecule has 1 rings (SSSR count). The van der Waals surface area contributed by atoms with E-state index in [1.807, 2.05) is 6.07 Å². The lowest BCUT2D eigenvalue weighted by Crippen LogP contribution is -2.38. The molecule has 0 heterocycles. The molecule has 0 aliphatic carbocycles. The zero-order valence-electron chi connectivity index (χ0n) is 11.2. The number of hydrogen-bond donors (Lipinski definition) is 1. The third-order valence-electron chi connectivity index (χ3n) is 2.82. The zero-order valence-corrected chi connectivity index (χ0v) is 12.7. The van der Waals surface area contributed by atoms with Crippen LogP contribution in [0, 0.1) is 5.92 Å². The van der Waals surface area contributed by atoms with Crippen molar-refractivity contribution in [3.8, 4) is 0 Å². The van der Waals surface area contributed by atoms with Crippen molar-refractivity contribution in [2.24, 2.45) is 11.7 Å². The maximum absolute atomic E-state index is 6.14. The van der Waals surface area contributed by atoms with Crippen LogP contribution in [0.2, 0.25) is 0 Å². The van der Waals surface area contributed by atoms with Gasteiger partial charge in [-0.3, -0.25) is 4.90 Å². The smallest absolute Gasteiger partial charge is 0.0494 e. The van der Waals surface area contributed by atoms with Gasteiger partial charge >= 0.3 is 0 Å². The third kappa shape index (κ3) is 4.41. The molecule has 0 saturated carbocycles. The summed E-state index contributed by atoms with van der Waals surface area (Å²) >= 11 is 3.52. The van der Waals surface area contributed by atoms with Crippen LogP contribution in [-0.2, 0) is 0 Å². The average Bonchev–Trinajstić information content (AvgIpc) is 2.15. The molecule has 0 aliphatic rings. The van der Waals surface area contributed by atoms with Crippen LogP contribution in [0.5, 0.6) is 0 Å². The Balaban J connectivity index is 2.93. The summed E-state index contributed by atoms with van der Waals surface area (Å²) in [6, 6.07) is 8.81. The fraction of sp³-hybridized carbons (Fsp3) is 0.571. The summed E-state index contributed by atoms with van der Waals surface area (Å²) in [4.78, 5) is 2.34. The zero-order chi connectivity index (χ0) is 13.0. The SMILES string of the molecule is CC(C)CN(C)C(c1cccc(Br)c1)C(C)N. The van der Waals surface area contributed by atoms with E-state index in [0.29, 0.717) is 5.92 Å². The van der Waals surface area contributed by atoms with Gasteiger partial charge in [-0.15, -0.1) is 0 Å². The number of hydrogen-bond acceptors (Lipinski definition) is 2. The molecule has 0 radical (unpaired) electrons. The van der Waals surface area contributed by atoms with Gasteiger partial charge in [0.25, 0.3) is 0 Å². The molecule has 2 N–H and O–H groups in total. The molecule has 0 aromatic heterocycles. The number of halogens is 1. The first-order chi connectivity index (χ1) is 7.91. The van der Waals surface area contributed by atoms with Gasteiger partial charge in [0, 0.05) is 23.1 Å². The lowest BCUT2D eigenvalue weighted by atomic mass is 9.99. The summed E-state index contributed by atoms with van der Waals surface area (Å²) in [5.41, 5.74) is 7.41. The van der Waals surface area contributed by atoms with Crippen LogP contribution in [0.15, 0.2) is 28.7 Å². The highest BCUT2D eigenvalue weighted by Crippen LogP contribution is 2.25. The molecule has 2 nitrogen and oxygen atoms in total. The molecule has 0 bridgehead atoms. The van der Waals surface area contributed by atoms with E-state index in [1.54, 1.807) is 0 Å². The van der Waals surface area contributed by atoms with Gasteiger partial charge in [0.05, 0.1) is 0 Å². The Bertz CT molecular complexity index is 350. The molecule has 0 amide bonds. The van der Waals surface area contributed by atoms with Gasteiger partial charge in [-0.05, 0) is 37.6 Å². The second-order valence-corrected chi connectivity index (χ2v) is 6.11. The summed E-state index contributed by atoms with van der Waals surface area (Å²) < 4.78 is 1.11. The molecule has 0 fully saturated rings. The van der Waals surface area contributed by atoms with E-state index >= 15 is 0 Å². The molecule has 0 saturated heterocycles. The summed E-state index contributed by atoms with van der Waals surface area (Å²) in [6.45, 7) is 7.59. The highest BCUT2D eigenvalue weighted by atomic mass is 79.9. The van der Waals surface area contributed by atoms with Crippen molar-refractivity contribution in [1.82, 2.24) is 4.90 Å². The number of nitrogens with two attached hydrogens (primary N) is 1. The first-order valence-corrected chi connectivity index (χ1v) is 6.92. The lowest BCUT2D eigenvalue weighted by Gasteiger charge is -2.32. The van der Waals surface area contributed by atoms with Crippen LogP contribution in [0.25, 0.3) is 0 Å². The number of benzene rings is 1. The summed E-state index contributed by atoms with van der Waals surface area (Å²) in [7, 11) is 2.15. The molecule has 1 aromatic carbocycles. The highest BCUT2D eigenvalue weighted by molar-refractivity contribution is 9.10. The van der Waals surface area contributed by atoms with Crippen LogP contribution in [0.3, 0.4) is 0 Å². The van der Waals surface area contributed by atoms with Gasteiger partial charge in [-0.2, -0.15) is 0 Å². The molecule has 0 spiro atoms. The standard InChI is InChI=1S/C14H23BrN2/c1-10(2)9-17(4)14(11(3)16)12-6-5-7-13(15)8-12/h5-8,10-11,14H,9,16H2,1-4H3. The van der Waals surface area contributed by atoms with E-state index in [9.17, 15) is 0 Å². The fourth-order valence-corrected chi connectivity index (χ4v) is 2.76. The van der Waals surface area contributed by atoms with E-state index < -0.39 is 0 Å². The maximum atomic E-state index is 6.14. The monoisotopic (exact) mass is 298 g/mol. The van der Waals surface area contributed by atoms with Gasteiger partial charge < -0.3 is 5.73 Å². The summed E-state index contributed by atoms with van der Waals surface area (Å²) in [5.74, 6) is 0.647. The van der Waals surface area contributed by atoms with E-state index in [4.69, 9.17) is 5.73 Å². The van der Waals surface area contributed by atoms with Crippen molar-refractivity contribution < 1.29 is 0 Å². The van der Waals surface area contributed by atoms with Gasteiger partial charge in [0.1, 0.15) is 0 Å². The highest BCUT2D eigenvalue weighted by Gasteiger charge is 2.21. The van der Waals surface area contributed by atoms with Crippen molar-refractivity contribution >= 4 is 15.9 Å². The molecule has 2 unspecified atom stereocenters. The molecule has 96 valence electrons. The van der Waals surface area contributed by atoms with Crippen molar-refractivity contribution in [3.63, 3.8) is 0 Å². The van der Waals surface area contributed by atoms with Crippen molar-refractivity contribution in [1.29, 1.82) is 0 Å². The number of rotatable bonds is 5. The van der Waals surface area contributed by atoms with Crippen molar-refractivity contribution in [3.05, 3.63) is 34.3 Å². The molecular formula is C14H23BrN2. The summed E-state index contributed by atoms with van der Waals surface area (Å²) in [5, 5.41) is 0. The molecule has 1 aromatic rings. The van der Waals surface area contributed by atoms with E-state index in [0.717, 1.165) is 11.0 Å². The molecule has 2 atom stereocenters. The quantitative estimate of drug-likeness (QED) is 0.902. The Labute approximate surface area is 113 Å². The first-order valence-electron chi connectivity index (χ1n) is 6.13. The van der Waals surface area contributed by atoms with Crippen LogP contribution < -0.4 is 5.73 Å². The van der Waals surface area contributed by atoms with Crippen LogP contribution in [-0.4, -0.2) is 24.5 Å². The van der Waals surface area contributed by atoms with E-state index in [1.165, 1.54) is 5.56 Å². The maximum Gasteiger partial charge on any atom is 0.0494 e. The number of nitrogens with zero attached hydrogens (tertiary/aromatic N) is 1. The Morgan fingerprint density at radius 1 is 1.29 bits per heavy atom. The van der Waals surface area contributed by atoms with Crippen LogP contribution in [0.1, 0.15) is 32.4 Å². The molecule has 3 heteroatoms. The van der Waals surface area contributed by atoms with E-state index in [2.05, 4.69) is 66.8 Å². The van der Waals surface area contributed by atoms with Gasteiger partial charge in [-0.25, -0.2) is 0 Å². The Kier molecular flexibility index (Phi) is 5.63. The molecule has 17 heavy (non-hydrogen) atoms. The predicted octanol–water partition coefficient (Wildman–Crippen LogP) is 3.43. The topological polar surface area (TPSA) is 29.3 Å². The predicted molar refractivity (Wildman–Crippen MR) is 78.0 cm³/mol. The Morgan fingerprint density at radius 2 is 1.94 bits per heavy atom. The number of likely N-dealkylation sites (N-methyl/N-ethyl adjacent to an activating group) is 1.